The molecular weight excluding hydrogens is 593 g/mol. The van der Waals surface area contributed by atoms with Gasteiger partial charge in [0, 0.05) is 32.7 Å². The second-order valence-corrected chi connectivity index (χ2v) is 13.6. The van der Waals surface area contributed by atoms with Crippen molar-refractivity contribution in [1.82, 2.24) is 10.2 Å². The van der Waals surface area contributed by atoms with Crippen LogP contribution in [0.25, 0.3) is 0 Å². The second-order valence-electron chi connectivity index (χ2n) is 10.4. The number of amides is 2. The van der Waals surface area contributed by atoms with Gasteiger partial charge < -0.3 is 10.2 Å². The number of anilines is 1. The lowest BCUT2D eigenvalue weighted by Crippen LogP contribution is -2.54. The van der Waals surface area contributed by atoms with Gasteiger partial charge in [0.05, 0.1) is 10.6 Å². The molecule has 3 rings (SSSR count). The second kappa shape index (κ2) is 12.8. The molecule has 214 valence electrons. The van der Waals surface area contributed by atoms with E-state index in [1.165, 1.54) is 23.1 Å². The largest absolute Gasteiger partial charge is 0.350 e. The Morgan fingerprint density at radius 1 is 0.925 bits per heavy atom. The molecule has 3 aromatic rings. The molecule has 40 heavy (non-hydrogen) atoms. The van der Waals surface area contributed by atoms with Crippen molar-refractivity contribution in [3.05, 3.63) is 92.9 Å². The predicted octanol–water partition coefficient (Wildman–Crippen LogP) is 6.48. The fourth-order valence-electron chi connectivity index (χ4n) is 3.91. The zero-order valence-corrected chi connectivity index (χ0v) is 26.0. The maximum absolute atomic E-state index is 14.0. The molecule has 0 bridgehead atoms. The summed E-state index contributed by atoms with van der Waals surface area (Å²) in [6.07, 6.45) is 0. The molecule has 1 atom stereocenters. The van der Waals surface area contributed by atoms with Crippen molar-refractivity contribution in [1.29, 1.82) is 0 Å². The number of hydrogen-bond acceptors (Lipinski definition) is 4. The van der Waals surface area contributed by atoms with Crippen LogP contribution in [0.4, 0.5) is 5.69 Å². The van der Waals surface area contributed by atoms with E-state index in [9.17, 15) is 18.0 Å². The van der Waals surface area contributed by atoms with Crippen LogP contribution in [0.1, 0.15) is 38.8 Å². The van der Waals surface area contributed by atoms with Gasteiger partial charge in [-0.3, -0.25) is 13.9 Å². The SMILES string of the molecule is Cc1ccc(S(=O)(=O)N(CC(=O)N(Cc2c(Cl)cccc2Cl)C(C)C(=O)NC(C)(C)C)c2cccc(Cl)c2)cc1. The van der Waals surface area contributed by atoms with E-state index < -0.39 is 40.0 Å². The van der Waals surface area contributed by atoms with E-state index in [1.54, 1.807) is 55.5 Å². The number of rotatable bonds is 9. The highest BCUT2D eigenvalue weighted by atomic mass is 35.5. The molecule has 2 amide bonds. The van der Waals surface area contributed by atoms with Crippen molar-refractivity contribution in [2.75, 3.05) is 10.8 Å². The molecule has 1 N–H and O–H groups in total. The molecule has 0 aromatic heterocycles. The Labute approximate surface area is 251 Å². The van der Waals surface area contributed by atoms with E-state index in [1.807, 2.05) is 27.7 Å². The first-order chi connectivity index (χ1) is 18.6. The van der Waals surface area contributed by atoms with Gasteiger partial charge in [-0.15, -0.1) is 0 Å². The summed E-state index contributed by atoms with van der Waals surface area (Å²) in [7, 11) is -4.21. The first-order valence-electron chi connectivity index (χ1n) is 12.5. The summed E-state index contributed by atoms with van der Waals surface area (Å²) in [5, 5.41) is 3.80. The molecule has 7 nitrogen and oxygen atoms in total. The van der Waals surface area contributed by atoms with Crippen LogP contribution in [0.5, 0.6) is 0 Å². The average molecular weight is 625 g/mol. The molecule has 1 unspecified atom stereocenters. The monoisotopic (exact) mass is 623 g/mol. The van der Waals surface area contributed by atoms with Gasteiger partial charge in [-0.2, -0.15) is 0 Å². The smallest absolute Gasteiger partial charge is 0.264 e. The van der Waals surface area contributed by atoms with E-state index in [2.05, 4.69) is 5.32 Å². The third-order valence-corrected chi connectivity index (χ3v) is 8.77. The highest BCUT2D eigenvalue weighted by Gasteiger charge is 2.34. The number of halogens is 3. The van der Waals surface area contributed by atoms with Crippen LogP contribution in [0, 0.1) is 6.92 Å². The van der Waals surface area contributed by atoms with Gasteiger partial charge in [-0.05, 0) is 77.1 Å². The zero-order valence-electron chi connectivity index (χ0n) is 22.9. The molecule has 0 aliphatic carbocycles. The molecule has 0 aliphatic heterocycles. The van der Waals surface area contributed by atoms with Crippen LogP contribution in [-0.4, -0.2) is 43.3 Å². The molecule has 0 radical (unpaired) electrons. The number of carbonyl (C=O) groups is 2. The number of sulfonamides is 1. The van der Waals surface area contributed by atoms with Crippen LogP contribution in [-0.2, 0) is 26.2 Å². The van der Waals surface area contributed by atoms with Crippen molar-refractivity contribution >= 4 is 62.3 Å². The Morgan fingerprint density at radius 3 is 2.05 bits per heavy atom. The van der Waals surface area contributed by atoms with Gasteiger partial charge in [0.25, 0.3) is 10.0 Å². The maximum atomic E-state index is 14.0. The van der Waals surface area contributed by atoms with E-state index in [0.717, 1.165) is 9.87 Å². The highest BCUT2D eigenvalue weighted by molar-refractivity contribution is 7.92. The van der Waals surface area contributed by atoms with Crippen LogP contribution in [0.2, 0.25) is 15.1 Å². The zero-order chi connectivity index (χ0) is 29.8. The minimum absolute atomic E-state index is 0.00472. The summed E-state index contributed by atoms with van der Waals surface area (Å²) in [4.78, 5) is 28.5. The van der Waals surface area contributed by atoms with Gasteiger partial charge >= 0.3 is 0 Å². The summed E-state index contributed by atoms with van der Waals surface area (Å²) in [5.41, 5.74) is 0.948. The quantitative estimate of drug-likeness (QED) is 0.295. The molecule has 0 spiro atoms. The van der Waals surface area contributed by atoms with Gasteiger partial charge in [0.15, 0.2) is 0 Å². The fourth-order valence-corrected chi connectivity index (χ4v) is 6.02. The molecule has 11 heteroatoms. The first kappa shape index (κ1) is 31.7. The normalized spacial score (nSPS) is 12.5. The topological polar surface area (TPSA) is 86.8 Å². The molecule has 0 saturated heterocycles. The van der Waals surface area contributed by atoms with E-state index in [4.69, 9.17) is 34.8 Å². The van der Waals surface area contributed by atoms with E-state index in [-0.39, 0.29) is 17.1 Å². The summed E-state index contributed by atoms with van der Waals surface area (Å²) >= 11 is 19.0. The lowest BCUT2D eigenvalue weighted by molar-refractivity contribution is -0.140. The van der Waals surface area contributed by atoms with Crippen molar-refractivity contribution < 1.29 is 18.0 Å². The summed E-state index contributed by atoms with van der Waals surface area (Å²) in [6.45, 7) is 8.16. The first-order valence-corrected chi connectivity index (χ1v) is 15.1. The number of nitrogens with zero attached hydrogens (tertiary/aromatic N) is 2. The van der Waals surface area contributed by atoms with Gasteiger partial charge in [0.2, 0.25) is 11.8 Å². The molecular formula is C29H32Cl3N3O4S. The van der Waals surface area contributed by atoms with Crippen LogP contribution >= 0.6 is 34.8 Å². The fraction of sp³-hybridized carbons (Fsp3) is 0.310. The van der Waals surface area contributed by atoms with Crippen molar-refractivity contribution in [3.8, 4) is 0 Å². The average Bonchev–Trinajstić information content (AvgIpc) is 2.85. The van der Waals surface area contributed by atoms with Crippen LogP contribution < -0.4 is 9.62 Å². The maximum Gasteiger partial charge on any atom is 0.264 e. The summed E-state index contributed by atoms with van der Waals surface area (Å²) in [5.74, 6) is -1.05. The molecule has 0 fully saturated rings. The Hall–Kier alpha value is -2.78. The summed E-state index contributed by atoms with van der Waals surface area (Å²) in [6, 6.07) is 16.5. The third-order valence-electron chi connectivity index (χ3n) is 6.04. The molecule has 0 aliphatic rings. The van der Waals surface area contributed by atoms with Crippen molar-refractivity contribution in [3.63, 3.8) is 0 Å². The van der Waals surface area contributed by atoms with Crippen LogP contribution in [0.3, 0.4) is 0 Å². The van der Waals surface area contributed by atoms with Crippen molar-refractivity contribution in [2.45, 2.75) is 57.6 Å². The lowest BCUT2D eigenvalue weighted by Gasteiger charge is -2.34. The Balaban J connectivity index is 2.08. The Kier molecular flexibility index (Phi) is 10.2. The van der Waals surface area contributed by atoms with Crippen LogP contribution in [0.15, 0.2) is 71.6 Å². The molecule has 3 aromatic carbocycles. The number of hydrogen-bond donors (Lipinski definition) is 1. The number of aryl methyl sites for hydroxylation is 1. The number of carbonyl (C=O) groups excluding carboxylic acids is 2. The van der Waals surface area contributed by atoms with E-state index in [0.29, 0.717) is 20.6 Å². The van der Waals surface area contributed by atoms with Gasteiger partial charge in [0.1, 0.15) is 12.6 Å². The number of benzene rings is 3. The highest BCUT2D eigenvalue weighted by Crippen LogP contribution is 2.29. The predicted molar refractivity (Wildman–Crippen MR) is 162 cm³/mol. The summed E-state index contributed by atoms with van der Waals surface area (Å²) < 4.78 is 28.7. The minimum atomic E-state index is -4.21. The van der Waals surface area contributed by atoms with Gasteiger partial charge in [-0.25, -0.2) is 8.42 Å². The third kappa shape index (κ3) is 7.91. The van der Waals surface area contributed by atoms with Crippen molar-refractivity contribution in [2.24, 2.45) is 0 Å². The molecule has 0 heterocycles. The Morgan fingerprint density at radius 2 is 1.50 bits per heavy atom. The minimum Gasteiger partial charge on any atom is -0.350 e. The lowest BCUT2D eigenvalue weighted by atomic mass is 10.1. The van der Waals surface area contributed by atoms with Gasteiger partial charge in [-0.1, -0.05) is 64.6 Å². The number of nitrogens with one attached hydrogen (secondary N) is 1. The Bertz CT molecular complexity index is 1470. The van der Waals surface area contributed by atoms with E-state index >= 15 is 0 Å². The standard InChI is InChI=1S/C29H32Cl3N3O4S/c1-19-12-14-23(15-13-19)40(38,39)35(22-9-6-8-21(30)16-22)18-27(36)34(20(2)28(37)33-29(3,4)5)17-24-25(31)10-7-11-26(24)32/h6-16,20H,17-18H2,1-5H3,(H,33,37). The molecule has 0 saturated carbocycles.